The third-order valence-corrected chi connectivity index (χ3v) is 4.09. The van der Waals surface area contributed by atoms with Gasteiger partial charge in [0.2, 0.25) is 0 Å². The topological polar surface area (TPSA) is 54.5 Å². The molecule has 18 heavy (non-hydrogen) atoms. The zero-order valence-corrected chi connectivity index (χ0v) is 12.3. The number of hydrogen-bond donors (Lipinski definition) is 0. The molecule has 0 saturated heterocycles. The van der Waals surface area contributed by atoms with E-state index in [1.54, 1.807) is 39.6 Å². The Morgan fingerprint density at radius 1 is 0.944 bits per heavy atom. The van der Waals surface area contributed by atoms with E-state index < -0.39 is 16.9 Å². The fourth-order valence-electron chi connectivity index (χ4n) is 2.48. The van der Waals surface area contributed by atoms with Crippen LogP contribution in [0, 0.1) is 10.8 Å². The summed E-state index contributed by atoms with van der Waals surface area (Å²) in [6.07, 6.45) is 0. The van der Waals surface area contributed by atoms with Crippen LogP contribution in [-0.4, -0.2) is 41.4 Å². The van der Waals surface area contributed by atoms with Crippen LogP contribution in [0.5, 0.6) is 0 Å². The molecule has 0 unspecified atom stereocenters. The van der Waals surface area contributed by atoms with Gasteiger partial charge in [-0.3, -0.25) is 19.3 Å². The summed E-state index contributed by atoms with van der Waals surface area (Å²) in [5.74, 6) is -0.848. The van der Waals surface area contributed by atoms with Crippen molar-refractivity contribution in [1.29, 1.82) is 0 Å². The molecule has 0 amide bonds. The molecule has 0 heterocycles. The van der Waals surface area contributed by atoms with Gasteiger partial charge in [-0.15, -0.1) is 0 Å². The molecule has 0 atom stereocenters. The highest BCUT2D eigenvalue weighted by atomic mass is 16.2. The molecule has 1 aliphatic carbocycles. The van der Waals surface area contributed by atoms with Crippen molar-refractivity contribution in [3.8, 4) is 0 Å². The number of rotatable bonds is 2. The number of likely N-dealkylation sites (N-methyl/N-ethyl adjacent to an activating group) is 1. The standard InChI is InChI=1S/C14H23NO3/c1-8(2)15(7)9-10(16)13(3,4)12(18)14(5,6)11(9)17/h8-9H,1-7H3. The summed E-state index contributed by atoms with van der Waals surface area (Å²) in [4.78, 5) is 38.9. The lowest BCUT2D eigenvalue weighted by Crippen LogP contribution is -2.65. The summed E-state index contributed by atoms with van der Waals surface area (Å²) >= 11 is 0. The highest BCUT2D eigenvalue weighted by Gasteiger charge is 2.59. The van der Waals surface area contributed by atoms with E-state index in [1.807, 2.05) is 13.8 Å². The molecule has 0 bridgehead atoms. The third kappa shape index (κ3) is 1.92. The molecule has 0 aromatic carbocycles. The molecule has 4 nitrogen and oxygen atoms in total. The Labute approximate surface area is 109 Å². The Bertz CT molecular complexity index is 377. The first-order chi connectivity index (χ1) is 7.95. The number of carbonyl (C=O) groups is 3. The van der Waals surface area contributed by atoms with Gasteiger partial charge in [-0.25, -0.2) is 0 Å². The Kier molecular flexibility index (Phi) is 3.56. The van der Waals surface area contributed by atoms with Crippen LogP contribution in [0.2, 0.25) is 0 Å². The number of hydrogen-bond acceptors (Lipinski definition) is 4. The minimum Gasteiger partial charge on any atom is -0.297 e. The Morgan fingerprint density at radius 3 is 1.56 bits per heavy atom. The second-order valence-electron chi connectivity index (χ2n) is 6.47. The molecule has 1 saturated carbocycles. The van der Waals surface area contributed by atoms with E-state index in [9.17, 15) is 14.4 Å². The van der Waals surface area contributed by atoms with E-state index in [0.717, 1.165) is 0 Å². The molecule has 1 fully saturated rings. The summed E-state index contributed by atoms with van der Waals surface area (Å²) < 4.78 is 0. The molecule has 0 aliphatic heterocycles. The van der Waals surface area contributed by atoms with Crippen molar-refractivity contribution in [2.45, 2.75) is 53.6 Å². The van der Waals surface area contributed by atoms with E-state index in [2.05, 4.69) is 0 Å². The van der Waals surface area contributed by atoms with Crippen molar-refractivity contribution in [2.75, 3.05) is 7.05 Å². The van der Waals surface area contributed by atoms with Crippen LogP contribution >= 0.6 is 0 Å². The summed E-state index contributed by atoms with van der Waals surface area (Å²) in [7, 11) is 1.76. The van der Waals surface area contributed by atoms with Crippen molar-refractivity contribution >= 4 is 17.3 Å². The zero-order valence-electron chi connectivity index (χ0n) is 12.3. The van der Waals surface area contributed by atoms with Gasteiger partial charge in [-0.05, 0) is 48.6 Å². The molecule has 102 valence electrons. The van der Waals surface area contributed by atoms with Crippen molar-refractivity contribution in [3.05, 3.63) is 0 Å². The monoisotopic (exact) mass is 253 g/mol. The predicted octanol–water partition coefficient (Wildman–Crippen LogP) is 1.47. The van der Waals surface area contributed by atoms with Gasteiger partial charge in [0.25, 0.3) is 0 Å². The SMILES string of the molecule is CC(C)N(C)C1C(=O)C(C)(C)C(=O)C(C)(C)C1=O. The molecule has 4 heteroatoms. The van der Waals surface area contributed by atoms with Crippen LogP contribution in [0.4, 0.5) is 0 Å². The molecule has 0 radical (unpaired) electrons. The van der Waals surface area contributed by atoms with Crippen molar-refractivity contribution in [2.24, 2.45) is 10.8 Å². The Hall–Kier alpha value is -1.03. The maximum absolute atomic E-state index is 12.4. The van der Waals surface area contributed by atoms with Crippen molar-refractivity contribution in [3.63, 3.8) is 0 Å². The fraction of sp³-hybridized carbons (Fsp3) is 0.786. The largest absolute Gasteiger partial charge is 0.297 e. The van der Waals surface area contributed by atoms with Gasteiger partial charge in [0.1, 0.15) is 6.04 Å². The zero-order chi connectivity index (χ0) is 14.5. The minimum absolute atomic E-state index is 0.0719. The van der Waals surface area contributed by atoms with Crippen LogP contribution in [-0.2, 0) is 14.4 Å². The van der Waals surface area contributed by atoms with Crippen molar-refractivity contribution < 1.29 is 14.4 Å². The average molecular weight is 253 g/mol. The van der Waals surface area contributed by atoms with Gasteiger partial charge in [0, 0.05) is 6.04 Å². The third-order valence-electron chi connectivity index (χ3n) is 4.09. The maximum Gasteiger partial charge on any atom is 0.170 e. The van der Waals surface area contributed by atoms with E-state index in [1.165, 1.54) is 0 Å². The maximum atomic E-state index is 12.4. The Balaban J connectivity index is 3.33. The Morgan fingerprint density at radius 2 is 1.28 bits per heavy atom. The van der Waals surface area contributed by atoms with Crippen LogP contribution in [0.25, 0.3) is 0 Å². The quantitative estimate of drug-likeness (QED) is 0.699. The number of ketones is 3. The minimum atomic E-state index is -1.09. The van der Waals surface area contributed by atoms with Crippen LogP contribution in [0.3, 0.4) is 0 Å². The smallest absolute Gasteiger partial charge is 0.170 e. The predicted molar refractivity (Wildman–Crippen MR) is 69.3 cm³/mol. The first kappa shape index (κ1) is 15.0. The summed E-state index contributed by atoms with van der Waals surface area (Å²) in [5, 5.41) is 0. The van der Waals surface area contributed by atoms with Crippen molar-refractivity contribution in [1.82, 2.24) is 4.90 Å². The summed E-state index contributed by atoms with van der Waals surface area (Å²) in [6.45, 7) is 10.3. The average Bonchev–Trinajstić information content (AvgIpc) is 2.25. The normalized spacial score (nSPS) is 24.2. The summed E-state index contributed by atoms with van der Waals surface area (Å²) in [6, 6.07) is -0.740. The highest BCUT2D eigenvalue weighted by molar-refractivity contribution is 6.30. The number of nitrogens with zero attached hydrogens (tertiary/aromatic N) is 1. The van der Waals surface area contributed by atoms with Gasteiger partial charge < -0.3 is 0 Å². The van der Waals surface area contributed by atoms with Gasteiger partial charge in [-0.2, -0.15) is 0 Å². The molecule has 0 N–H and O–H groups in total. The summed E-state index contributed by atoms with van der Waals surface area (Å²) in [5.41, 5.74) is -2.18. The lowest BCUT2D eigenvalue weighted by atomic mass is 9.60. The fourth-order valence-corrected chi connectivity index (χ4v) is 2.48. The number of carbonyl (C=O) groups excluding carboxylic acids is 3. The molecule has 1 rings (SSSR count). The van der Waals surface area contributed by atoms with E-state index in [-0.39, 0.29) is 23.4 Å². The van der Waals surface area contributed by atoms with E-state index in [4.69, 9.17) is 0 Å². The first-order valence-electron chi connectivity index (χ1n) is 6.31. The lowest BCUT2D eigenvalue weighted by molar-refractivity contribution is -0.161. The van der Waals surface area contributed by atoms with Gasteiger partial charge in [0.15, 0.2) is 17.3 Å². The number of Topliss-reactive ketones (excluding diaryl/α,β-unsaturated/α-hetero) is 3. The second kappa shape index (κ2) is 4.26. The van der Waals surface area contributed by atoms with Crippen LogP contribution in [0.15, 0.2) is 0 Å². The van der Waals surface area contributed by atoms with E-state index >= 15 is 0 Å². The van der Waals surface area contributed by atoms with Gasteiger partial charge >= 0.3 is 0 Å². The molecule has 0 spiro atoms. The molecule has 1 aliphatic rings. The molecule has 0 aromatic rings. The van der Waals surface area contributed by atoms with Crippen LogP contribution < -0.4 is 0 Å². The highest BCUT2D eigenvalue weighted by Crippen LogP contribution is 2.39. The lowest BCUT2D eigenvalue weighted by Gasteiger charge is -2.44. The molecule has 0 aromatic heterocycles. The second-order valence-corrected chi connectivity index (χ2v) is 6.47. The van der Waals surface area contributed by atoms with Crippen LogP contribution in [0.1, 0.15) is 41.5 Å². The van der Waals surface area contributed by atoms with Gasteiger partial charge in [0.05, 0.1) is 10.8 Å². The van der Waals surface area contributed by atoms with E-state index in [0.29, 0.717) is 0 Å². The molecular weight excluding hydrogens is 230 g/mol. The first-order valence-corrected chi connectivity index (χ1v) is 6.31. The van der Waals surface area contributed by atoms with Gasteiger partial charge in [-0.1, -0.05) is 0 Å². The molecular formula is C14H23NO3.